The molecule has 2 aromatic rings. The number of benzene rings is 1. The molecule has 1 unspecified atom stereocenters. The zero-order chi connectivity index (χ0) is 14.8. The minimum absolute atomic E-state index is 0.0556. The van der Waals surface area contributed by atoms with Crippen molar-refractivity contribution in [2.75, 3.05) is 5.73 Å². The molecule has 1 atom stereocenters. The molecule has 6 heteroatoms. The van der Waals surface area contributed by atoms with Gasteiger partial charge >= 0.3 is 0 Å². The Morgan fingerprint density at radius 1 is 1.24 bits per heavy atom. The van der Waals surface area contributed by atoms with Crippen molar-refractivity contribution >= 4 is 17.9 Å². The summed E-state index contributed by atoms with van der Waals surface area (Å²) in [5, 5.41) is 11.6. The molecular formula is C15H14N4O2. The van der Waals surface area contributed by atoms with Gasteiger partial charge in [0.15, 0.2) is 5.78 Å². The van der Waals surface area contributed by atoms with E-state index in [4.69, 9.17) is 10.9 Å². The number of nitrogens with zero attached hydrogens (tertiary/aromatic N) is 3. The number of carbonyl (C=O) groups excluding carboxylic acids is 1. The number of hydrogen-bond donors (Lipinski definition) is 2. The Morgan fingerprint density at radius 2 is 2.00 bits per heavy atom. The van der Waals surface area contributed by atoms with E-state index in [1.807, 2.05) is 30.3 Å². The largest absolute Gasteiger partial charge is 0.411 e. The standard InChI is InChI=1S/C15H14N4O2/c16-15-18-11-6-10(9-4-2-1-3-5-9)7-13(20)14(11)12(19-15)8-17-21/h1-5,8,10,21H,6-7H2,(H2,16,18,19). The maximum absolute atomic E-state index is 12.4. The maximum Gasteiger partial charge on any atom is 0.220 e. The molecule has 0 radical (unpaired) electrons. The lowest BCUT2D eigenvalue weighted by Crippen LogP contribution is -2.23. The van der Waals surface area contributed by atoms with Gasteiger partial charge in [-0.2, -0.15) is 0 Å². The number of ketones is 1. The summed E-state index contributed by atoms with van der Waals surface area (Å²) in [6.45, 7) is 0. The molecule has 106 valence electrons. The highest BCUT2D eigenvalue weighted by Gasteiger charge is 2.30. The van der Waals surface area contributed by atoms with Crippen molar-refractivity contribution < 1.29 is 10.0 Å². The van der Waals surface area contributed by atoms with E-state index in [1.54, 1.807) is 0 Å². The molecule has 0 aliphatic heterocycles. The number of fused-ring (bicyclic) bond motifs is 1. The fraction of sp³-hybridized carbons (Fsp3) is 0.200. The van der Waals surface area contributed by atoms with Crippen LogP contribution in [-0.4, -0.2) is 27.2 Å². The summed E-state index contributed by atoms with van der Waals surface area (Å²) in [4.78, 5) is 20.6. The molecule has 0 fully saturated rings. The van der Waals surface area contributed by atoms with Crippen molar-refractivity contribution in [1.82, 2.24) is 9.97 Å². The van der Waals surface area contributed by atoms with Crippen LogP contribution in [0.5, 0.6) is 0 Å². The molecular weight excluding hydrogens is 268 g/mol. The number of aromatic nitrogens is 2. The smallest absolute Gasteiger partial charge is 0.220 e. The fourth-order valence-corrected chi connectivity index (χ4v) is 2.74. The van der Waals surface area contributed by atoms with Crippen molar-refractivity contribution in [3.05, 3.63) is 52.8 Å². The van der Waals surface area contributed by atoms with Crippen molar-refractivity contribution in [2.24, 2.45) is 5.16 Å². The van der Waals surface area contributed by atoms with Gasteiger partial charge in [-0.15, -0.1) is 0 Å². The maximum atomic E-state index is 12.4. The lowest BCUT2D eigenvalue weighted by atomic mass is 9.81. The van der Waals surface area contributed by atoms with Gasteiger partial charge in [-0.1, -0.05) is 35.5 Å². The Balaban J connectivity index is 2.05. The van der Waals surface area contributed by atoms with Crippen molar-refractivity contribution in [2.45, 2.75) is 18.8 Å². The van der Waals surface area contributed by atoms with E-state index in [1.165, 1.54) is 0 Å². The summed E-state index contributed by atoms with van der Waals surface area (Å²) in [6, 6.07) is 9.85. The van der Waals surface area contributed by atoms with Crippen LogP contribution in [0.15, 0.2) is 35.5 Å². The number of hydrogen-bond acceptors (Lipinski definition) is 6. The molecule has 3 N–H and O–H groups in total. The van der Waals surface area contributed by atoms with Crippen molar-refractivity contribution in [3.8, 4) is 0 Å². The highest BCUT2D eigenvalue weighted by atomic mass is 16.4. The Morgan fingerprint density at radius 3 is 2.71 bits per heavy atom. The van der Waals surface area contributed by atoms with Crippen LogP contribution in [0.1, 0.15) is 39.6 Å². The van der Waals surface area contributed by atoms with Crippen molar-refractivity contribution in [1.29, 1.82) is 0 Å². The van der Waals surface area contributed by atoms with E-state index >= 15 is 0 Å². The first kappa shape index (κ1) is 13.2. The molecule has 1 aromatic carbocycles. The van der Waals surface area contributed by atoms with E-state index in [2.05, 4.69) is 15.1 Å². The van der Waals surface area contributed by atoms with Crippen LogP contribution in [0.4, 0.5) is 5.95 Å². The van der Waals surface area contributed by atoms with Crippen LogP contribution in [0.3, 0.4) is 0 Å². The summed E-state index contributed by atoms with van der Waals surface area (Å²) in [5.74, 6) is 0.101. The lowest BCUT2D eigenvalue weighted by molar-refractivity contribution is 0.0962. The lowest BCUT2D eigenvalue weighted by Gasteiger charge is -2.24. The predicted octanol–water partition coefficient (Wildman–Crippen LogP) is 1.78. The average molecular weight is 282 g/mol. The minimum Gasteiger partial charge on any atom is -0.411 e. The number of nitrogens with two attached hydrogens (primary N) is 1. The first-order chi connectivity index (χ1) is 10.2. The Kier molecular flexibility index (Phi) is 3.35. The second kappa shape index (κ2) is 5.32. The molecule has 1 aliphatic rings. The van der Waals surface area contributed by atoms with Crippen LogP contribution in [0.2, 0.25) is 0 Å². The number of oxime groups is 1. The van der Waals surface area contributed by atoms with Crippen molar-refractivity contribution in [3.63, 3.8) is 0 Å². The van der Waals surface area contributed by atoms with Gasteiger partial charge < -0.3 is 10.9 Å². The number of Topliss-reactive ketones (excluding diaryl/α,β-unsaturated/α-hetero) is 1. The van der Waals surface area contributed by atoms with E-state index < -0.39 is 0 Å². The molecule has 0 saturated heterocycles. The second-order valence-electron chi connectivity index (χ2n) is 4.97. The molecule has 0 saturated carbocycles. The Hall–Kier alpha value is -2.76. The average Bonchev–Trinajstić information content (AvgIpc) is 2.47. The highest BCUT2D eigenvalue weighted by molar-refractivity contribution is 6.04. The van der Waals surface area contributed by atoms with Crippen LogP contribution in [-0.2, 0) is 6.42 Å². The molecule has 21 heavy (non-hydrogen) atoms. The third kappa shape index (κ3) is 2.47. The zero-order valence-corrected chi connectivity index (χ0v) is 11.2. The van der Waals surface area contributed by atoms with E-state index in [-0.39, 0.29) is 23.3 Å². The van der Waals surface area contributed by atoms with E-state index in [0.29, 0.717) is 24.1 Å². The second-order valence-corrected chi connectivity index (χ2v) is 4.97. The van der Waals surface area contributed by atoms with Crippen LogP contribution < -0.4 is 5.73 Å². The van der Waals surface area contributed by atoms with Crippen LogP contribution >= 0.6 is 0 Å². The number of rotatable bonds is 2. The predicted molar refractivity (Wildman–Crippen MR) is 77.7 cm³/mol. The highest BCUT2D eigenvalue weighted by Crippen LogP contribution is 2.32. The Labute approximate surface area is 121 Å². The molecule has 3 rings (SSSR count). The Bertz CT molecular complexity index is 713. The summed E-state index contributed by atoms with van der Waals surface area (Å²) in [5.41, 5.74) is 8.07. The van der Waals surface area contributed by atoms with E-state index in [9.17, 15) is 4.79 Å². The third-order valence-electron chi connectivity index (χ3n) is 3.63. The minimum atomic E-state index is -0.0556. The number of carbonyl (C=O) groups is 1. The summed E-state index contributed by atoms with van der Waals surface area (Å²) in [6.07, 6.45) is 2.12. The van der Waals surface area contributed by atoms with Gasteiger partial charge in [0.05, 0.1) is 17.5 Å². The van der Waals surface area contributed by atoms with Gasteiger partial charge in [-0.3, -0.25) is 4.79 Å². The normalized spacial score (nSPS) is 17.9. The molecule has 0 amide bonds. The number of nitrogen functional groups attached to an aromatic ring is 1. The monoisotopic (exact) mass is 282 g/mol. The zero-order valence-electron chi connectivity index (χ0n) is 11.2. The van der Waals surface area contributed by atoms with Crippen LogP contribution in [0, 0.1) is 0 Å². The van der Waals surface area contributed by atoms with Gasteiger partial charge in [0.2, 0.25) is 5.95 Å². The quantitative estimate of drug-likeness (QED) is 0.496. The van der Waals surface area contributed by atoms with E-state index in [0.717, 1.165) is 11.8 Å². The summed E-state index contributed by atoms with van der Waals surface area (Å²) in [7, 11) is 0. The molecule has 1 aromatic heterocycles. The summed E-state index contributed by atoms with van der Waals surface area (Å²) >= 11 is 0. The third-order valence-corrected chi connectivity index (χ3v) is 3.63. The van der Waals surface area contributed by atoms with Gasteiger partial charge in [0.1, 0.15) is 5.69 Å². The van der Waals surface area contributed by atoms with Crippen LogP contribution in [0.25, 0.3) is 0 Å². The summed E-state index contributed by atoms with van der Waals surface area (Å²) < 4.78 is 0. The van der Waals surface area contributed by atoms with Gasteiger partial charge in [0.25, 0.3) is 0 Å². The molecule has 0 bridgehead atoms. The van der Waals surface area contributed by atoms with Gasteiger partial charge in [0, 0.05) is 6.42 Å². The topological polar surface area (TPSA) is 101 Å². The first-order valence-electron chi connectivity index (χ1n) is 6.61. The first-order valence-corrected chi connectivity index (χ1v) is 6.61. The fourth-order valence-electron chi connectivity index (χ4n) is 2.74. The molecule has 1 aliphatic carbocycles. The van der Waals surface area contributed by atoms with Gasteiger partial charge in [-0.05, 0) is 17.9 Å². The number of anilines is 1. The van der Waals surface area contributed by atoms with Gasteiger partial charge in [-0.25, -0.2) is 9.97 Å². The molecule has 0 spiro atoms. The molecule has 6 nitrogen and oxygen atoms in total. The SMILES string of the molecule is Nc1nc(C=NO)c2c(n1)CC(c1ccccc1)CC2=O. The molecule has 1 heterocycles.